The van der Waals surface area contributed by atoms with Crippen molar-refractivity contribution >= 4 is 6.29 Å². The van der Waals surface area contributed by atoms with Crippen LogP contribution in [0.5, 0.6) is 5.75 Å². The van der Waals surface area contributed by atoms with Gasteiger partial charge in [0.05, 0.1) is 7.11 Å². The van der Waals surface area contributed by atoms with Crippen LogP contribution in [-0.4, -0.2) is 19.9 Å². The summed E-state index contributed by atoms with van der Waals surface area (Å²) in [7, 11) is 1.65. The number of carbonyl (C=O) groups is 1. The van der Waals surface area contributed by atoms with E-state index in [1.54, 1.807) is 7.11 Å². The maximum absolute atomic E-state index is 11.2. The van der Waals surface area contributed by atoms with Crippen molar-refractivity contribution in [2.75, 3.05) is 13.7 Å². The predicted molar refractivity (Wildman–Crippen MR) is 74.3 cm³/mol. The summed E-state index contributed by atoms with van der Waals surface area (Å²) in [5.41, 5.74) is 8.49. The highest BCUT2D eigenvalue weighted by molar-refractivity contribution is 5.78. The molecule has 0 aliphatic heterocycles. The van der Waals surface area contributed by atoms with Crippen molar-refractivity contribution in [3.63, 3.8) is 0 Å². The minimum absolute atomic E-state index is 0.137. The zero-order chi connectivity index (χ0) is 13.8. The summed E-state index contributed by atoms with van der Waals surface area (Å²) < 4.78 is 5.38. The van der Waals surface area contributed by atoms with Gasteiger partial charge in [0.2, 0.25) is 0 Å². The normalized spacial score (nSPS) is 11.4. The van der Waals surface area contributed by atoms with Crippen molar-refractivity contribution < 1.29 is 9.53 Å². The third kappa shape index (κ3) is 3.84. The highest BCUT2D eigenvalue weighted by Gasteiger charge is 2.16. The van der Waals surface area contributed by atoms with Crippen LogP contribution in [0.1, 0.15) is 42.3 Å². The minimum Gasteiger partial charge on any atom is -0.496 e. The average molecular weight is 249 g/mol. The number of benzene rings is 1. The van der Waals surface area contributed by atoms with Gasteiger partial charge in [-0.2, -0.15) is 0 Å². The number of nitrogens with two attached hydrogens (primary N) is 1. The van der Waals surface area contributed by atoms with E-state index < -0.39 is 0 Å². The van der Waals surface area contributed by atoms with Crippen molar-refractivity contribution in [2.45, 2.75) is 33.6 Å². The van der Waals surface area contributed by atoms with Crippen LogP contribution in [0.4, 0.5) is 0 Å². The molecule has 3 nitrogen and oxygen atoms in total. The lowest BCUT2D eigenvalue weighted by molar-refractivity contribution is 0.112. The van der Waals surface area contributed by atoms with Gasteiger partial charge in [0, 0.05) is 5.56 Å². The minimum atomic E-state index is 0.137. The van der Waals surface area contributed by atoms with Crippen molar-refractivity contribution in [1.82, 2.24) is 0 Å². The van der Waals surface area contributed by atoms with Crippen LogP contribution in [0.25, 0.3) is 0 Å². The lowest BCUT2D eigenvalue weighted by atomic mass is 9.85. The summed E-state index contributed by atoms with van der Waals surface area (Å²) in [5.74, 6) is 0.824. The molecule has 2 N–H and O–H groups in total. The van der Waals surface area contributed by atoms with Gasteiger partial charge in [-0.1, -0.05) is 20.8 Å². The Morgan fingerprint density at radius 2 is 1.94 bits per heavy atom. The van der Waals surface area contributed by atoms with Crippen LogP contribution < -0.4 is 10.5 Å². The molecule has 0 aliphatic carbocycles. The van der Waals surface area contributed by atoms with Crippen LogP contribution >= 0.6 is 0 Å². The van der Waals surface area contributed by atoms with Gasteiger partial charge >= 0.3 is 0 Å². The fourth-order valence-corrected chi connectivity index (χ4v) is 2.06. The van der Waals surface area contributed by atoms with Crippen LogP contribution in [-0.2, 0) is 12.8 Å². The second-order valence-electron chi connectivity index (χ2n) is 5.76. The molecule has 0 aliphatic rings. The summed E-state index contributed by atoms with van der Waals surface area (Å²) in [4.78, 5) is 11.2. The SMILES string of the molecule is COc1cc(CC(C)(C)C)c(C=O)cc1CCN. The highest BCUT2D eigenvalue weighted by Crippen LogP contribution is 2.28. The summed E-state index contributed by atoms with van der Waals surface area (Å²) in [6.07, 6.45) is 2.49. The first-order valence-corrected chi connectivity index (χ1v) is 6.26. The van der Waals surface area contributed by atoms with E-state index >= 15 is 0 Å². The molecular weight excluding hydrogens is 226 g/mol. The van der Waals surface area contributed by atoms with Crippen molar-refractivity contribution in [1.29, 1.82) is 0 Å². The van der Waals surface area contributed by atoms with E-state index in [1.165, 1.54) is 0 Å². The number of methoxy groups -OCH3 is 1. The van der Waals surface area contributed by atoms with Gasteiger partial charge in [-0.05, 0) is 48.1 Å². The smallest absolute Gasteiger partial charge is 0.150 e. The van der Waals surface area contributed by atoms with Crippen LogP contribution in [0.15, 0.2) is 12.1 Å². The van der Waals surface area contributed by atoms with Crippen molar-refractivity contribution in [3.8, 4) is 5.75 Å². The molecule has 3 heteroatoms. The fraction of sp³-hybridized carbons (Fsp3) is 0.533. The Balaban J connectivity index is 3.21. The van der Waals surface area contributed by atoms with E-state index in [2.05, 4.69) is 20.8 Å². The van der Waals surface area contributed by atoms with E-state index in [4.69, 9.17) is 10.5 Å². The largest absolute Gasteiger partial charge is 0.496 e. The molecule has 0 fully saturated rings. The lowest BCUT2D eigenvalue weighted by Gasteiger charge is -2.21. The lowest BCUT2D eigenvalue weighted by Crippen LogP contribution is -2.12. The molecule has 0 bridgehead atoms. The molecule has 0 amide bonds. The number of hydrogen-bond acceptors (Lipinski definition) is 3. The Hall–Kier alpha value is -1.35. The average Bonchev–Trinajstić information content (AvgIpc) is 2.28. The number of carbonyl (C=O) groups excluding carboxylic acids is 1. The van der Waals surface area contributed by atoms with Gasteiger partial charge in [0.25, 0.3) is 0 Å². The molecule has 0 heterocycles. The molecule has 1 aromatic rings. The third-order valence-electron chi connectivity index (χ3n) is 2.80. The Bertz CT molecular complexity index is 419. The number of rotatable bonds is 5. The predicted octanol–water partition coefficient (Wildman–Crippen LogP) is 2.60. The van der Waals surface area contributed by atoms with E-state index in [0.29, 0.717) is 6.54 Å². The maximum atomic E-state index is 11.2. The molecule has 0 saturated carbocycles. The van der Waals surface area contributed by atoms with E-state index in [-0.39, 0.29) is 5.41 Å². The maximum Gasteiger partial charge on any atom is 0.150 e. The molecule has 100 valence electrons. The molecule has 18 heavy (non-hydrogen) atoms. The molecular formula is C15H23NO2. The molecule has 0 aromatic heterocycles. The van der Waals surface area contributed by atoms with Gasteiger partial charge in [-0.3, -0.25) is 4.79 Å². The topological polar surface area (TPSA) is 52.3 Å². The number of aldehydes is 1. The Morgan fingerprint density at radius 1 is 1.28 bits per heavy atom. The summed E-state index contributed by atoms with van der Waals surface area (Å²) in [6.45, 7) is 7.01. The Labute approximate surface area is 109 Å². The van der Waals surface area contributed by atoms with Gasteiger partial charge in [-0.25, -0.2) is 0 Å². The molecule has 1 rings (SSSR count). The summed E-state index contributed by atoms with van der Waals surface area (Å²) in [6, 6.07) is 3.87. The van der Waals surface area contributed by atoms with E-state index in [1.807, 2.05) is 12.1 Å². The Morgan fingerprint density at radius 3 is 2.39 bits per heavy atom. The standard InChI is InChI=1S/C15H23NO2/c1-15(2,3)9-12-8-14(18-4)11(5-6-16)7-13(12)10-17/h7-8,10H,5-6,9,16H2,1-4H3. The molecule has 0 saturated heterocycles. The molecule has 0 atom stereocenters. The second kappa shape index (κ2) is 6.01. The van der Waals surface area contributed by atoms with Gasteiger partial charge in [-0.15, -0.1) is 0 Å². The Kier molecular flexibility index (Phi) is 4.91. The van der Waals surface area contributed by atoms with Gasteiger partial charge < -0.3 is 10.5 Å². The van der Waals surface area contributed by atoms with E-state index in [0.717, 1.165) is 41.6 Å². The van der Waals surface area contributed by atoms with Gasteiger partial charge in [0.15, 0.2) is 0 Å². The van der Waals surface area contributed by atoms with Crippen molar-refractivity contribution in [2.24, 2.45) is 11.1 Å². The van der Waals surface area contributed by atoms with Gasteiger partial charge in [0.1, 0.15) is 12.0 Å². The summed E-state index contributed by atoms with van der Waals surface area (Å²) in [5, 5.41) is 0. The molecule has 0 unspecified atom stereocenters. The first-order chi connectivity index (χ1) is 8.41. The van der Waals surface area contributed by atoms with E-state index in [9.17, 15) is 4.79 Å². The quantitative estimate of drug-likeness (QED) is 0.816. The number of ether oxygens (including phenoxy) is 1. The second-order valence-corrected chi connectivity index (χ2v) is 5.76. The number of hydrogen-bond donors (Lipinski definition) is 1. The van der Waals surface area contributed by atoms with Crippen molar-refractivity contribution in [3.05, 3.63) is 28.8 Å². The monoisotopic (exact) mass is 249 g/mol. The summed E-state index contributed by atoms with van der Waals surface area (Å²) >= 11 is 0. The zero-order valence-electron chi connectivity index (χ0n) is 11.7. The van der Waals surface area contributed by atoms with Crippen LogP contribution in [0.2, 0.25) is 0 Å². The van der Waals surface area contributed by atoms with Crippen LogP contribution in [0, 0.1) is 5.41 Å². The first-order valence-electron chi connectivity index (χ1n) is 6.26. The molecule has 1 aromatic carbocycles. The first kappa shape index (κ1) is 14.7. The highest BCUT2D eigenvalue weighted by atomic mass is 16.5. The fourth-order valence-electron chi connectivity index (χ4n) is 2.06. The zero-order valence-corrected chi connectivity index (χ0v) is 11.7. The molecule has 0 radical (unpaired) electrons. The molecule has 0 spiro atoms. The van der Waals surface area contributed by atoms with Crippen LogP contribution in [0.3, 0.4) is 0 Å². The third-order valence-corrected chi connectivity index (χ3v) is 2.80.